The molecule has 4 heterocycles. The van der Waals surface area contributed by atoms with Crippen molar-refractivity contribution >= 4 is 32.7 Å². The summed E-state index contributed by atoms with van der Waals surface area (Å²) < 4.78 is 18.6. The SMILES string of the molecule is COc1cc(C(=O)O)cc2sc(N3C4CC[C@H]3CC(OCc3c(C5CC5)noc3C3CC3)C4)nc12. The number of fused-ring (bicyclic) bond motifs is 3. The van der Waals surface area contributed by atoms with E-state index in [9.17, 15) is 9.90 Å². The Morgan fingerprint density at radius 1 is 1.14 bits per heavy atom. The van der Waals surface area contributed by atoms with Crippen molar-refractivity contribution in [2.75, 3.05) is 12.0 Å². The molecule has 2 unspecified atom stereocenters. The van der Waals surface area contributed by atoms with E-state index in [-0.39, 0.29) is 11.7 Å². The van der Waals surface area contributed by atoms with E-state index < -0.39 is 5.97 Å². The van der Waals surface area contributed by atoms with Gasteiger partial charge in [0, 0.05) is 29.5 Å². The normalized spacial score (nSPS) is 26.0. The lowest BCUT2D eigenvalue weighted by Crippen LogP contribution is -2.45. The van der Waals surface area contributed by atoms with Crippen molar-refractivity contribution in [3.63, 3.8) is 0 Å². The number of methoxy groups -OCH3 is 1. The van der Waals surface area contributed by atoms with Crippen LogP contribution in [0.3, 0.4) is 0 Å². The summed E-state index contributed by atoms with van der Waals surface area (Å²) in [7, 11) is 1.56. The summed E-state index contributed by atoms with van der Waals surface area (Å²) in [5.41, 5.74) is 3.35. The van der Waals surface area contributed by atoms with Gasteiger partial charge in [0.15, 0.2) is 5.13 Å². The predicted octanol–water partition coefficient (Wildman–Crippen LogP) is 5.46. The van der Waals surface area contributed by atoms with Crippen molar-refractivity contribution in [3.8, 4) is 5.75 Å². The van der Waals surface area contributed by atoms with Crippen LogP contribution in [0.4, 0.5) is 5.13 Å². The summed E-state index contributed by atoms with van der Waals surface area (Å²) in [5, 5.41) is 14.8. The number of hydrogen-bond acceptors (Lipinski definition) is 8. The highest BCUT2D eigenvalue weighted by Crippen LogP contribution is 2.48. The highest BCUT2D eigenvalue weighted by Gasteiger charge is 2.43. The lowest BCUT2D eigenvalue weighted by molar-refractivity contribution is 0.0142. The topological polar surface area (TPSA) is 97.9 Å². The van der Waals surface area contributed by atoms with Gasteiger partial charge in [-0.3, -0.25) is 0 Å². The Morgan fingerprint density at radius 2 is 1.89 bits per heavy atom. The minimum Gasteiger partial charge on any atom is -0.494 e. The second-order valence-electron chi connectivity index (χ2n) is 10.5. The third-order valence-electron chi connectivity index (χ3n) is 8.05. The Kier molecular flexibility index (Phi) is 5.06. The van der Waals surface area contributed by atoms with Gasteiger partial charge in [0.2, 0.25) is 0 Å². The third-order valence-corrected chi connectivity index (χ3v) is 9.07. The van der Waals surface area contributed by atoms with Gasteiger partial charge in [-0.2, -0.15) is 0 Å². The second-order valence-corrected chi connectivity index (χ2v) is 11.5. The molecule has 35 heavy (non-hydrogen) atoms. The fraction of sp³-hybridized carbons (Fsp3) is 0.577. The molecule has 3 aromatic rings. The molecule has 2 saturated carbocycles. The maximum atomic E-state index is 11.5. The van der Waals surface area contributed by atoms with Crippen molar-refractivity contribution in [2.45, 2.75) is 88.0 Å². The Bertz CT molecular complexity index is 1250. The molecule has 2 aliphatic carbocycles. The number of carboxylic acids is 1. The molecule has 1 aromatic carbocycles. The number of ether oxygens (including phenoxy) is 2. The van der Waals surface area contributed by atoms with Crippen LogP contribution in [-0.2, 0) is 11.3 Å². The fourth-order valence-electron chi connectivity index (χ4n) is 5.98. The maximum Gasteiger partial charge on any atom is 0.335 e. The minimum absolute atomic E-state index is 0.222. The number of piperidine rings is 1. The summed E-state index contributed by atoms with van der Waals surface area (Å²) in [6.45, 7) is 0.613. The average Bonchev–Trinajstić information content (AvgIpc) is 3.77. The number of hydrogen-bond donors (Lipinski definition) is 1. The van der Waals surface area contributed by atoms with Gasteiger partial charge in [0.05, 0.1) is 35.8 Å². The first-order valence-electron chi connectivity index (χ1n) is 12.7. The highest BCUT2D eigenvalue weighted by atomic mass is 32.1. The van der Waals surface area contributed by atoms with Crippen LogP contribution in [0.2, 0.25) is 0 Å². The van der Waals surface area contributed by atoms with Crippen LogP contribution in [0.15, 0.2) is 16.7 Å². The molecule has 9 heteroatoms. The zero-order valence-electron chi connectivity index (χ0n) is 19.7. The molecule has 1 N–H and O–H groups in total. The average molecular weight is 496 g/mol. The molecule has 0 radical (unpaired) electrons. The van der Waals surface area contributed by atoms with E-state index in [1.165, 1.54) is 31.2 Å². The van der Waals surface area contributed by atoms with Gasteiger partial charge in [-0.15, -0.1) is 0 Å². The number of carbonyl (C=O) groups is 1. The zero-order chi connectivity index (χ0) is 23.7. The molecule has 2 bridgehead atoms. The number of nitrogens with zero attached hydrogens (tertiary/aromatic N) is 3. The standard InChI is InChI=1S/C26H29N3O5S/c1-32-20-8-15(25(30)31)9-21-23(20)27-26(35-21)29-16-6-7-17(29)11-18(10-16)33-12-19-22(13-2-3-13)28-34-24(19)14-4-5-14/h8-9,13-14,16-18H,2-7,10-12H2,1H3,(H,30,31)/t16-,17?,18?/m0/s1. The predicted molar refractivity (Wildman–Crippen MR) is 131 cm³/mol. The molecular weight excluding hydrogens is 466 g/mol. The summed E-state index contributed by atoms with van der Waals surface area (Å²) in [6, 6.07) is 4.03. The quantitative estimate of drug-likeness (QED) is 0.440. The Balaban J connectivity index is 1.09. The first kappa shape index (κ1) is 21.6. The van der Waals surface area contributed by atoms with E-state index in [2.05, 4.69) is 10.1 Å². The van der Waals surface area contributed by atoms with Crippen molar-refractivity contribution in [2.24, 2.45) is 0 Å². The van der Waals surface area contributed by atoms with Gasteiger partial charge in [-0.25, -0.2) is 9.78 Å². The maximum absolute atomic E-state index is 11.5. The fourth-order valence-corrected chi connectivity index (χ4v) is 7.14. The van der Waals surface area contributed by atoms with Crippen LogP contribution in [0.5, 0.6) is 5.75 Å². The van der Waals surface area contributed by atoms with Crippen LogP contribution in [-0.4, -0.2) is 46.5 Å². The Labute approximate surface area is 207 Å². The first-order valence-corrected chi connectivity index (χ1v) is 13.5. The Morgan fingerprint density at radius 3 is 2.54 bits per heavy atom. The lowest BCUT2D eigenvalue weighted by Gasteiger charge is -2.38. The zero-order valence-corrected chi connectivity index (χ0v) is 20.6. The molecule has 7 rings (SSSR count). The number of aromatic carboxylic acids is 1. The van der Waals surface area contributed by atoms with E-state index in [0.29, 0.717) is 36.3 Å². The first-order chi connectivity index (χ1) is 17.1. The van der Waals surface area contributed by atoms with Crippen molar-refractivity contribution in [1.29, 1.82) is 0 Å². The largest absolute Gasteiger partial charge is 0.494 e. The highest BCUT2D eigenvalue weighted by molar-refractivity contribution is 7.22. The van der Waals surface area contributed by atoms with E-state index >= 15 is 0 Å². The molecule has 2 saturated heterocycles. The molecule has 3 atom stereocenters. The van der Waals surface area contributed by atoms with Gasteiger partial charge < -0.3 is 24.0 Å². The molecule has 0 amide bonds. The summed E-state index contributed by atoms with van der Waals surface area (Å²) in [4.78, 5) is 18.9. The number of rotatable bonds is 8. The van der Waals surface area contributed by atoms with Crippen LogP contribution in [0.25, 0.3) is 10.2 Å². The molecule has 4 aliphatic rings. The molecule has 2 aliphatic heterocycles. The summed E-state index contributed by atoms with van der Waals surface area (Å²) >= 11 is 1.56. The van der Waals surface area contributed by atoms with E-state index in [4.69, 9.17) is 19.0 Å². The van der Waals surface area contributed by atoms with Crippen LogP contribution >= 0.6 is 11.3 Å². The van der Waals surface area contributed by atoms with Crippen molar-refractivity contribution in [1.82, 2.24) is 10.1 Å². The molecule has 0 spiro atoms. The number of benzene rings is 1. The van der Waals surface area contributed by atoms with Gasteiger partial charge in [-0.1, -0.05) is 16.5 Å². The monoisotopic (exact) mass is 495 g/mol. The Hall–Kier alpha value is -2.65. The smallest absolute Gasteiger partial charge is 0.335 e. The number of thiazole rings is 1. The van der Waals surface area contributed by atoms with Crippen molar-refractivity contribution < 1.29 is 23.9 Å². The van der Waals surface area contributed by atoms with Crippen LogP contribution in [0.1, 0.15) is 90.6 Å². The van der Waals surface area contributed by atoms with Crippen molar-refractivity contribution in [3.05, 3.63) is 34.7 Å². The number of aromatic nitrogens is 2. The van der Waals surface area contributed by atoms with E-state index in [1.54, 1.807) is 30.6 Å². The van der Waals surface area contributed by atoms with Gasteiger partial charge in [0.25, 0.3) is 0 Å². The molecular formula is C26H29N3O5S. The van der Waals surface area contributed by atoms with Gasteiger partial charge >= 0.3 is 5.97 Å². The molecule has 8 nitrogen and oxygen atoms in total. The van der Waals surface area contributed by atoms with E-state index in [1.807, 2.05) is 0 Å². The van der Waals surface area contributed by atoms with Gasteiger partial charge in [0.1, 0.15) is 17.0 Å². The molecule has 184 valence electrons. The van der Waals surface area contributed by atoms with Gasteiger partial charge in [-0.05, 0) is 63.5 Å². The lowest BCUT2D eigenvalue weighted by atomic mass is 10.00. The minimum atomic E-state index is -0.958. The molecule has 4 fully saturated rings. The second kappa shape index (κ2) is 8.20. The summed E-state index contributed by atoms with van der Waals surface area (Å²) in [6.07, 6.45) is 9.28. The number of carboxylic acid groups (broad SMARTS) is 1. The molecule has 2 aromatic heterocycles. The summed E-state index contributed by atoms with van der Waals surface area (Å²) in [5.74, 6) is 1.75. The van der Waals surface area contributed by atoms with E-state index in [0.717, 1.165) is 52.5 Å². The third kappa shape index (κ3) is 3.80. The number of anilines is 1. The van der Waals surface area contributed by atoms with Crippen LogP contribution in [0, 0.1) is 0 Å². The van der Waals surface area contributed by atoms with Crippen LogP contribution < -0.4 is 9.64 Å².